The summed E-state index contributed by atoms with van der Waals surface area (Å²) in [6.07, 6.45) is 18.2. The topological polar surface area (TPSA) is 12.0 Å². The molecule has 102 valence electrons. The van der Waals surface area contributed by atoms with Crippen LogP contribution in [0, 0.1) is 5.92 Å². The Balaban J connectivity index is 0. The molecule has 0 unspecified atom stereocenters. The van der Waals surface area contributed by atoms with Gasteiger partial charge < -0.3 is 5.32 Å². The van der Waals surface area contributed by atoms with Gasteiger partial charge in [-0.3, -0.25) is 0 Å². The molecule has 0 aromatic rings. The van der Waals surface area contributed by atoms with E-state index in [0.29, 0.717) is 5.92 Å². The second-order valence-electron chi connectivity index (χ2n) is 3.78. The average molecular weight is 247 g/mol. The maximum absolute atomic E-state index is 3.25. The third-order valence-corrected chi connectivity index (χ3v) is 1.73. The van der Waals surface area contributed by atoms with Crippen LogP contribution in [0.3, 0.4) is 0 Å². The summed E-state index contributed by atoms with van der Waals surface area (Å²) in [5.41, 5.74) is 1.13. The molecule has 0 spiro atoms. The van der Waals surface area contributed by atoms with Gasteiger partial charge in [0, 0.05) is 11.9 Å². The molecule has 0 fully saturated rings. The van der Waals surface area contributed by atoms with Gasteiger partial charge in [-0.15, -0.1) is 0 Å². The molecule has 0 bridgehead atoms. The van der Waals surface area contributed by atoms with Gasteiger partial charge in [0.1, 0.15) is 0 Å². The van der Waals surface area contributed by atoms with E-state index in [1.54, 1.807) is 0 Å². The summed E-state index contributed by atoms with van der Waals surface area (Å²) in [5.74, 6) is 0.547. The van der Waals surface area contributed by atoms with Crippen LogP contribution in [0.25, 0.3) is 0 Å². The molecule has 1 heteroatoms. The van der Waals surface area contributed by atoms with E-state index in [4.69, 9.17) is 0 Å². The molecule has 0 aliphatic rings. The Bertz CT molecular complexity index is 302. The van der Waals surface area contributed by atoms with E-state index in [2.05, 4.69) is 31.3 Å². The van der Waals surface area contributed by atoms with E-state index < -0.39 is 0 Å². The Morgan fingerprint density at radius 1 is 0.889 bits per heavy atom. The van der Waals surface area contributed by atoms with Crippen molar-refractivity contribution >= 4 is 0 Å². The van der Waals surface area contributed by atoms with Crippen molar-refractivity contribution in [1.29, 1.82) is 0 Å². The predicted octanol–water partition coefficient (Wildman–Crippen LogP) is 5.36. The van der Waals surface area contributed by atoms with Gasteiger partial charge in [-0.1, -0.05) is 64.2 Å². The van der Waals surface area contributed by atoms with Crippen molar-refractivity contribution in [2.45, 2.75) is 41.5 Å². The van der Waals surface area contributed by atoms with E-state index in [-0.39, 0.29) is 0 Å². The van der Waals surface area contributed by atoms with Crippen molar-refractivity contribution in [2.75, 3.05) is 0 Å². The van der Waals surface area contributed by atoms with Crippen LogP contribution in [-0.2, 0) is 0 Å². The maximum atomic E-state index is 3.25. The highest BCUT2D eigenvalue weighted by Gasteiger charge is 1.90. The molecular formula is C17H29N. The molecule has 0 saturated carbocycles. The molecule has 1 N–H and O–H groups in total. The summed E-state index contributed by atoms with van der Waals surface area (Å²) < 4.78 is 0. The fraction of sp³-hybridized carbons (Fsp3) is 0.412. The SMILES string of the molecule is CC.C\C=C/C=C\C=C\NC(/C=C\C)=C/C(C)C. The van der Waals surface area contributed by atoms with Gasteiger partial charge in [-0.25, -0.2) is 0 Å². The molecule has 0 radical (unpaired) electrons. The lowest BCUT2D eigenvalue weighted by molar-refractivity contribution is 0.815. The molecule has 0 aromatic carbocycles. The van der Waals surface area contributed by atoms with Gasteiger partial charge in [-0.2, -0.15) is 0 Å². The van der Waals surface area contributed by atoms with E-state index in [9.17, 15) is 0 Å². The van der Waals surface area contributed by atoms with Crippen molar-refractivity contribution in [3.05, 3.63) is 60.5 Å². The maximum Gasteiger partial charge on any atom is 0.0338 e. The van der Waals surface area contributed by atoms with Gasteiger partial charge >= 0.3 is 0 Å². The molecular weight excluding hydrogens is 218 g/mol. The second-order valence-corrected chi connectivity index (χ2v) is 3.78. The minimum Gasteiger partial charge on any atom is -0.362 e. The van der Waals surface area contributed by atoms with Gasteiger partial charge in [0.25, 0.3) is 0 Å². The second kappa shape index (κ2) is 15.5. The van der Waals surface area contributed by atoms with Gasteiger partial charge in [0.05, 0.1) is 0 Å². The van der Waals surface area contributed by atoms with Crippen LogP contribution in [0.1, 0.15) is 41.5 Å². The van der Waals surface area contributed by atoms with Gasteiger partial charge in [0.15, 0.2) is 0 Å². The van der Waals surface area contributed by atoms with E-state index >= 15 is 0 Å². The monoisotopic (exact) mass is 247 g/mol. The molecule has 0 amide bonds. The zero-order chi connectivity index (χ0) is 14.2. The van der Waals surface area contributed by atoms with Crippen LogP contribution >= 0.6 is 0 Å². The van der Waals surface area contributed by atoms with E-state index in [0.717, 1.165) is 5.70 Å². The number of hydrogen-bond donors (Lipinski definition) is 1. The molecule has 0 aliphatic carbocycles. The summed E-state index contributed by atoms with van der Waals surface area (Å²) in [6, 6.07) is 0. The average Bonchev–Trinajstić information content (AvgIpc) is 2.35. The third-order valence-electron chi connectivity index (χ3n) is 1.73. The fourth-order valence-corrected chi connectivity index (χ4v) is 1.13. The summed E-state index contributed by atoms with van der Waals surface area (Å²) in [7, 11) is 0. The summed E-state index contributed by atoms with van der Waals surface area (Å²) in [5, 5.41) is 3.25. The summed E-state index contributed by atoms with van der Waals surface area (Å²) in [6.45, 7) is 12.4. The molecule has 0 rings (SSSR count). The van der Waals surface area contributed by atoms with Crippen molar-refractivity contribution in [1.82, 2.24) is 5.32 Å². The predicted molar refractivity (Wildman–Crippen MR) is 85.3 cm³/mol. The quantitative estimate of drug-likeness (QED) is 0.623. The smallest absolute Gasteiger partial charge is 0.0338 e. The minimum atomic E-state index is 0.547. The first-order valence-electron chi connectivity index (χ1n) is 6.76. The summed E-state index contributed by atoms with van der Waals surface area (Å²) in [4.78, 5) is 0. The Morgan fingerprint density at radius 2 is 1.50 bits per heavy atom. The molecule has 1 nitrogen and oxygen atoms in total. The number of hydrogen-bond acceptors (Lipinski definition) is 1. The lowest BCUT2D eigenvalue weighted by Crippen LogP contribution is -2.03. The Hall–Kier alpha value is -1.50. The third kappa shape index (κ3) is 14.5. The lowest BCUT2D eigenvalue weighted by Gasteiger charge is -2.03. The van der Waals surface area contributed by atoms with Crippen LogP contribution in [0.15, 0.2) is 60.5 Å². The van der Waals surface area contributed by atoms with Gasteiger partial charge in [-0.05, 0) is 31.9 Å². The van der Waals surface area contributed by atoms with Gasteiger partial charge in [0.2, 0.25) is 0 Å². The Morgan fingerprint density at radius 3 is 2.00 bits per heavy atom. The first-order chi connectivity index (χ1) is 8.70. The summed E-state index contributed by atoms with van der Waals surface area (Å²) >= 11 is 0. The minimum absolute atomic E-state index is 0.547. The highest BCUT2D eigenvalue weighted by molar-refractivity contribution is 5.20. The highest BCUT2D eigenvalue weighted by atomic mass is 14.8. The molecule has 0 atom stereocenters. The molecule has 0 aliphatic heterocycles. The highest BCUT2D eigenvalue weighted by Crippen LogP contribution is 2.01. The van der Waals surface area contributed by atoms with Crippen LogP contribution in [0.5, 0.6) is 0 Å². The Labute approximate surface area is 114 Å². The number of rotatable bonds is 6. The number of nitrogens with one attached hydrogen (secondary N) is 1. The van der Waals surface area contributed by atoms with Crippen LogP contribution in [0.2, 0.25) is 0 Å². The lowest BCUT2D eigenvalue weighted by atomic mass is 10.2. The molecule has 0 heterocycles. The molecule has 0 saturated heterocycles. The normalized spacial score (nSPS) is 12.9. The van der Waals surface area contributed by atoms with Crippen molar-refractivity contribution < 1.29 is 0 Å². The standard InChI is InChI=1S/C15H23N.C2H6/c1-5-7-8-9-10-12-16-15(11-6-2)13-14(3)4;1-2/h5-14,16H,1-4H3;1-2H3/b7-5-,9-8-,11-6-,12-10+,15-13+;. The largest absolute Gasteiger partial charge is 0.362 e. The fourth-order valence-electron chi connectivity index (χ4n) is 1.13. The van der Waals surface area contributed by atoms with Crippen LogP contribution < -0.4 is 5.32 Å². The van der Waals surface area contributed by atoms with E-state index in [1.165, 1.54) is 0 Å². The van der Waals surface area contributed by atoms with Crippen LogP contribution in [-0.4, -0.2) is 0 Å². The first-order valence-corrected chi connectivity index (χ1v) is 6.76. The number of allylic oxidation sites excluding steroid dienone is 8. The van der Waals surface area contributed by atoms with Crippen LogP contribution in [0.4, 0.5) is 0 Å². The zero-order valence-corrected chi connectivity index (χ0v) is 12.8. The van der Waals surface area contributed by atoms with Crippen molar-refractivity contribution in [3.63, 3.8) is 0 Å². The zero-order valence-electron chi connectivity index (χ0n) is 12.8. The van der Waals surface area contributed by atoms with E-state index in [1.807, 2.05) is 70.4 Å². The molecule has 0 aromatic heterocycles. The first kappa shape index (κ1) is 18.9. The van der Waals surface area contributed by atoms with Crippen molar-refractivity contribution in [2.24, 2.45) is 5.92 Å². The van der Waals surface area contributed by atoms with Crippen molar-refractivity contribution in [3.8, 4) is 0 Å². The Kier molecular flexibility index (Phi) is 16.2. The molecule has 18 heavy (non-hydrogen) atoms.